The largest absolute Gasteiger partial charge is 0.455 e. The van der Waals surface area contributed by atoms with Gasteiger partial charge in [-0.3, -0.25) is 0 Å². The zero-order valence-electron chi connectivity index (χ0n) is 27.6. The number of para-hydroxylation sites is 2. The first-order valence-corrected chi connectivity index (χ1v) is 17.3. The van der Waals surface area contributed by atoms with Crippen molar-refractivity contribution in [1.82, 2.24) is 5.32 Å². The summed E-state index contributed by atoms with van der Waals surface area (Å²) < 4.78 is 6.49. The van der Waals surface area contributed by atoms with Crippen molar-refractivity contribution >= 4 is 55.2 Å². The predicted molar refractivity (Wildman–Crippen MR) is 211 cm³/mol. The number of nitrogens with one attached hydrogen (secondary N) is 1. The van der Waals surface area contributed by atoms with Gasteiger partial charge in [-0.25, -0.2) is 9.98 Å². The minimum atomic E-state index is -0.367. The topological polar surface area (TPSA) is 49.9 Å². The van der Waals surface area contributed by atoms with Crippen molar-refractivity contribution in [3.63, 3.8) is 0 Å². The maximum absolute atomic E-state index is 6.49. The molecule has 0 amide bonds. The zero-order valence-corrected chi connectivity index (χ0v) is 27.6. The van der Waals surface area contributed by atoms with E-state index in [9.17, 15) is 0 Å². The van der Waals surface area contributed by atoms with Crippen LogP contribution in [0.25, 0.3) is 65.7 Å². The first kappa shape index (κ1) is 29.2. The van der Waals surface area contributed by atoms with Crippen molar-refractivity contribution in [2.75, 3.05) is 0 Å². The van der Waals surface area contributed by atoms with Crippen molar-refractivity contribution in [2.45, 2.75) is 6.17 Å². The maximum Gasteiger partial charge on any atom is 0.160 e. The van der Waals surface area contributed by atoms with Crippen LogP contribution in [0.15, 0.2) is 190 Å². The Labute approximate surface area is 295 Å². The summed E-state index contributed by atoms with van der Waals surface area (Å²) in [5, 5.41) is 10.6. The van der Waals surface area contributed by atoms with Crippen LogP contribution in [0.4, 0.5) is 0 Å². The van der Waals surface area contributed by atoms with E-state index in [1.807, 2.05) is 24.3 Å². The average Bonchev–Trinajstić information content (AvgIpc) is 3.59. The van der Waals surface area contributed by atoms with Gasteiger partial charge in [-0.05, 0) is 61.5 Å². The molecule has 1 aromatic heterocycles. The van der Waals surface area contributed by atoms with Crippen molar-refractivity contribution in [2.24, 2.45) is 9.98 Å². The minimum absolute atomic E-state index is 0.367. The molecule has 0 radical (unpaired) electrons. The Morgan fingerprint density at radius 2 is 1.00 bits per heavy atom. The number of fused-ring (bicyclic) bond motifs is 5. The summed E-state index contributed by atoms with van der Waals surface area (Å²) in [7, 11) is 0. The second-order valence-electron chi connectivity index (χ2n) is 13.0. The van der Waals surface area contributed by atoms with E-state index in [-0.39, 0.29) is 6.17 Å². The van der Waals surface area contributed by atoms with E-state index in [2.05, 4.69) is 157 Å². The third-order valence-corrected chi connectivity index (χ3v) is 9.98. The van der Waals surface area contributed by atoms with Crippen LogP contribution in [0.1, 0.15) is 22.9 Å². The smallest absolute Gasteiger partial charge is 0.160 e. The number of nitrogens with zero attached hydrogens (tertiary/aromatic N) is 2. The molecule has 0 spiro atoms. The van der Waals surface area contributed by atoms with Gasteiger partial charge < -0.3 is 9.73 Å². The summed E-state index contributed by atoms with van der Waals surface area (Å²) in [6.07, 6.45) is -0.367. The van der Waals surface area contributed by atoms with Crippen LogP contribution in [0.5, 0.6) is 0 Å². The van der Waals surface area contributed by atoms with Gasteiger partial charge in [0, 0.05) is 16.3 Å². The van der Waals surface area contributed by atoms with Crippen LogP contribution in [0, 0.1) is 0 Å². The standard InChI is InChI=1S/C47H31N3O/c1-2-12-30(13-3-1)31-26-28-33(29-27-31)45-48-46(50-47(49-45)42-24-11-22-40-39-17-6-7-25-43(39)51-44(40)42)41-23-10-20-37-36(19-9-21-38(37)41)35-18-8-15-32-14-4-5-16-34(32)35/h1-29,45H,(H,48,49,50). The molecule has 0 bridgehead atoms. The lowest BCUT2D eigenvalue weighted by molar-refractivity contribution is 0.660. The monoisotopic (exact) mass is 653 g/mol. The van der Waals surface area contributed by atoms with Gasteiger partial charge in [-0.1, -0.05) is 164 Å². The Morgan fingerprint density at radius 3 is 1.82 bits per heavy atom. The summed E-state index contributed by atoms with van der Waals surface area (Å²) in [6.45, 7) is 0. The number of furan rings is 1. The summed E-state index contributed by atoms with van der Waals surface area (Å²) in [6, 6.07) is 61.7. The zero-order chi connectivity index (χ0) is 33.7. The van der Waals surface area contributed by atoms with E-state index < -0.39 is 0 Å². The van der Waals surface area contributed by atoms with Gasteiger partial charge in [-0.15, -0.1) is 0 Å². The molecule has 4 heteroatoms. The number of rotatable bonds is 5. The third kappa shape index (κ3) is 5.00. The molecule has 0 saturated heterocycles. The molecule has 1 atom stereocenters. The second kappa shape index (κ2) is 12.0. The number of hydrogen-bond acceptors (Lipinski definition) is 4. The molecule has 240 valence electrons. The quantitative estimate of drug-likeness (QED) is 0.201. The van der Waals surface area contributed by atoms with Gasteiger partial charge >= 0.3 is 0 Å². The van der Waals surface area contributed by atoms with Gasteiger partial charge in [0.25, 0.3) is 0 Å². The SMILES string of the molecule is c1ccc(-c2ccc(C3N=C(c4cccc5c(-c6cccc7ccccc67)cccc45)N=C(c4cccc5c4oc4ccccc45)N3)cc2)cc1. The molecular formula is C47H31N3O. The van der Waals surface area contributed by atoms with Crippen molar-refractivity contribution in [3.8, 4) is 22.3 Å². The van der Waals surface area contributed by atoms with Gasteiger partial charge in [0.2, 0.25) is 0 Å². The molecule has 1 unspecified atom stereocenters. The Hall–Kier alpha value is -6.78. The highest BCUT2D eigenvalue weighted by Gasteiger charge is 2.25. The van der Waals surface area contributed by atoms with Crippen LogP contribution in [-0.2, 0) is 0 Å². The molecule has 0 fully saturated rings. The first-order chi connectivity index (χ1) is 25.3. The molecule has 2 heterocycles. The molecule has 4 nitrogen and oxygen atoms in total. The summed E-state index contributed by atoms with van der Waals surface area (Å²) in [4.78, 5) is 10.6. The lowest BCUT2D eigenvalue weighted by Gasteiger charge is -2.24. The summed E-state index contributed by atoms with van der Waals surface area (Å²) in [5.74, 6) is 1.40. The fourth-order valence-corrected chi connectivity index (χ4v) is 7.50. The normalized spacial score (nSPS) is 14.5. The average molecular weight is 654 g/mol. The van der Waals surface area contributed by atoms with E-state index in [0.29, 0.717) is 5.84 Å². The molecule has 0 aliphatic carbocycles. The lowest BCUT2D eigenvalue weighted by Crippen LogP contribution is -2.33. The third-order valence-electron chi connectivity index (χ3n) is 9.98. The highest BCUT2D eigenvalue weighted by molar-refractivity contribution is 6.22. The fourth-order valence-electron chi connectivity index (χ4n) is 7.50. The number of amidine groups is 2. The molecule has 10 rings (SSSR count). The van der Waals surface area contributed by atoms with Gasteiger partial charge in [0.15, 0.2) is 5.84 Å². The van der Waals surface area contributed by atoms with Gasteiger partial charge in [0.05, 0.1) is 5.56 Å². The highest BCUT2D eigenvalue weighted by atomic mass is 16.3. The van der Waals surface area contributed by atoms with Crippen LogP contribution in [0.2, 0.25) is 0 Å². The maximum atomic E-state index is 6.49. The van der Waals surface area contributed by atoms with Crippen molar-refractivity contribution in [3.05, 3.63) is 193 Å². The minimum Gasteiger partial charge on any atom is -0.455 e. The molecule has 9 aromatic rings. The first-order valence-electron chi connectivity index (χ1n) is 17.3. The van der Waals surface area contributed by atoms with Crippen LogP contribution < -0.4 is 5.32 Å². The van der Waals surface area contributed by atoms with Gasteiger partial charge in [0.1, 0.15) is 23.2 Å². The van der Waals surface area contributed by atoms with E-state index in [0.717, 1.165) is 60.8 Å². The van der Waals surface area contributed by atoms with Crippen LogP contribution >= 0.6 is 0 Å². The molecule has 1 aliphatic heterocycles. The Morgan fingerprint density at radius 1 is 0.431 bits per heavy atom. The van der Waals surface area contributed by atoms with Crippen molar-refractivity contribution in [1.29, 1.82) is 0 Å². The van der Waals surface area contributed by atoms with Crippen LogP contribution in [-0.4, -0.2) is 11.7 Å². The van der Waals surface area contributed by atoms with E-state index in [4.69, 9.17) is 14.4 Å². The number of benzene rings is 8. The molecular weight excluding hydrogens is 623 g/mol. The summed E-state index contributed by atoms with van der Waals surface area (Å²) >= 11 is 0. The Kier molecular flexibility index (Phi) is 6.85. The second-order valence-corrected chi connectivity index (χ2v) is 13.0. The van der Waals surface area contributed by atoms with Crippen LogP contribution in [0.3, 0.4) is 0 Å². The molecule has 1 N–H and O–H groups in total. The van der Waals surface area contributed by atoms with E-state index >= 15 is 0 Å². The fraction of sp³-hybridized carbons (Fsp3) is 0.0213. The highest BCUT2D eigenvalue weighted by Crippen LogP contribution is 2.37. The number of hydrogen-bond donors (Lipinski definition) is 1. The molecule has 8 aromatic carbocycles. The predicted octanol–water partition coefficient (Wildman–Crippen LogP) is 11.7. The molecule has 0 saturated carbocycles. The van der Waals surface area contributed by atoms with E-state index in [1.165, 1.54) is 27.5 Å². The lowest BCUT2D eigenvalue weighted by atomic mass is 9.92. The number of aliphatic imine (C=N–C) groups is 2. The Bertz CT molecular complexity index is 2820. The van der Waals surface area contributed by atoms with E-state index in [1.54, 1.807) is 0 Å². The Balaban J connectivity index is 1.15. The molecule has 1 aliphatic rings. The van der Waals surface area contributed by atoms with Crippen molar-refractivity contribution < 1.29 is 4.42 Å². The molecule has 51 heavy (non-hydrogen) atoms. The summed E-state index contributed by atoms with van der Waals surface area (Å²) in [5.41, 5.74) is 9.33. The van der Waals surface area contributed by atoms with Gasteiger partial charge in [-0.2, -0.15) is 0 Å².